The smallest absolute Gasteiger partial charge is 0.144 e. The van der Waals surface area contributed by atoms with Gasteiger partial charge < -0.3 is 16.3 Å². The van der Waals surface area contributed by atoms with E-state index in [2.05, 4.69) is 34.9 Å². The molecule has 5 heteroatoms. The Hall–Kier alpha value is -1.07. The first-order chi connectivity index (χ1) is 9.51. The molecule has 4 nitrogen and oxygen atoms in total. The van der Waals surface area contributed by atoms with Gasteiger partial charge in [-0.1, -0.05) is 38.4 Å². The summed E-state index contributed by atoms with van der Waals surface area (Å²) in [7, 11) is 0. The Morgan fingerprint density at radius 3 is 2.80 bits per heavy atom. The summed E-state index contributed by atoms with van der Waals surface area (Å²) in [5.41, 5.74) is 5.46. The molecule has 0 amide bonds. The Kier molecular flexibility index (Phi) is 7.02. The zero-order valence-electron chi connectivity index (χ0n) is 12.7. The van der Waals surface area contributed by atoms with Gasteiger partial charge in [0.25, 0.3) is 0 Å². The number of oxime groups is 1. The van der Waals surface area contributed by atoms with Crippen LogP contribution in [-0.4, -0.2) is 17.6 Å². The molecule has 1 rings (SSSR count). The van der Waals surface area contributed by atoms with Gasteiger partial charge in [0.2, 0.25) is 0 Å². The maximum absolute atomic E-state index is 8.74. The topological polar surface area (TPSA) is 70.6 Å². The number of nitrogens with zero attached hydrogens (tertiary/aromatic N) is 1. The Labute approximate surface area is 126 Å². The number of amidine groups is 1. The van der Waals surface area contributed by atoms with E-state index in [1.165, 1.54) is 4.88 Å². The summed E-state index contributed by atoms with van der Waals surface area (Å²) in [5, 5.41) is 17.6. The second kappa shape index (κ2) is 8.27. The zero-order chi connectivity index (χ0) is 15.0. The summed E-state index contributed by atoms with van der Waals surface area (Å²) in [6.07, 6.45) is 4.21. The molecule has 114 valence electrons. The monoisotopic (exact) mass is 297 g/mol. The largest absolute Gasteiger partial charge is 0.409 e. The number of hydrogen-bond donors (Lipinski definition) is 3. The summed E-state index contributed by atoms with van der Waals surface area (Å²) < 4.78 is 0. The van der Waals surface area contributed by atoms with Crippen molar-refractivity contribution in [1.29, 1.82) is 0 Å². The van der Waals surface area contributed by atoms with Crippen molar-refractivity contribution in [3.05, 3.63) is 22.4 Å². The second-order valence-corrected chi connectivity index (χ2v) is 6.74. The molecule has 1 heterocycles. The number of rotatable bonds is 9. The average molecular weight is 297 g/mol. The van der Waals surface area contributed by atoms with Crippen molar-refractivity contribution in [3.8, 4) is 0 Å². The fourth-order valence-electron chi connectivity index (χ4n) is 2.17. The van der Waals surface area contributed by atoms with Crippen LogP contribution in [0.15, 0.2) is 22.7 Å². The lowest BCUT2D eigenvalue weighted by Gasteiger charge is -2.23. The lowest BCUT2D eigenvalue weighted by Crippen LogP contribution is -2.32. The minimum atomic E-state index is -0.230. The highest BCUT2D eigenvalue weighted by Crippen LogP contribution is 2.24. The first kappa shape index (κ1) is 17.0. The molecule has 1 aromatic rings. The van der Waals surface area contributed by atoms with E-state index in [0.29, 0.717) is 11.9 Å². The summed E-state index contributed by atoms with van der Waals surface area (Å²) in [5.74, 6) is 0.315. The van der Waals surface area contributed by atoms with Gasteiger partial charge in [-0.2, -0.15) is 0 Å². The molecule has 1 atom stereocenters. The molecule has 0 saturated carbocycles. The predicted molar refractivity (Wildman–Crippen MR) is 86.4 cm³/mol. The van der Waals surface area contributed by atoms with Crippen LogP contribution in [0.25, 0.3) is 0 Å². The maximum Gasteiger partial charge on any atom is 0.144 e. The molecule has 0 aliphatic rings. The van der Waals surface area contributed by atoms with E-state index in [1.807, 2.05) is 25.2 Å². The van der Waals surface area contributed by atoms with Gasteiger partial charge in [0.1, 0.15) is 5.84 Å². The van der Waals surface area contributed by atoms with Gasteiger partial charge in [0.05, 0.1) is 0 Å². The van der Waals surface area contributed by atoms with Crippen LogP contribution in [-0.2, 0) is 0 Å². The van der Waals surface area contributed by atoms with E-state index in [1.54, 1.807) is 0 Å². The van der Waals surface area contributed by atoms with E-state index in [0.717, 1.165) is 32.2 Å². The number of nitrogens with two attached hydrogens (primary N) is 1. The quantitative estimate of drug-likeness (QED) is 0.214. The third-order valence-electron chi connectivity index (χ3n) is 3.72. The third-order valence-corrected chi connectivity index (χ3v) is 4.70. The van der Waals surface area contributed by atoms with E-state index in [9.17, 15) is 0 Å². The Morgan fingerprint density at radius 1 is 1.50 bits per heavy atom. The predicted octanol–water partition coefficient (Wildman–Crippen LogP) is 3.73. The highest BCUT2D eigenvalue weighted by molar-refractivity contribution is 7.10. The highest BCUT2D eigenvalue weighted by atomic mass is 32.1. The number of nitrogens with one attached hydrogen (secondary N) is 1. The highest BCUT2D eigenvalue weighted by Gasteiger charge is 2.22. The van der Waals surface area contributed by atoms with Crippen LogP contribution in [0.2, 0.25) is 0 Å². The first-order valence-electron chi connectivity index (χ1n) is 7.26. The molecule has 0 bridgehead atoms. The summed E-state index contributed by atoms with van der Waals surface area (Å²) in [4.78, 5) is 1.41. The van der Waals surface area contributed by atoms with E-state index >= 15 is 0 Å². The van der Waals surface area contributed by atoms with Gasteiger partial charge in [-0.3, -0.25) is 0 Å². The van der Waals surface area contributed by atoms with Crippen LogP contribution in [0.1, 0.15) is 57.4 Å². The zero-order valence-corrected chi connectivity index (χ0v) is 13.5. The van der Waals surface area contributed by atoms with Gasteiger partial charge in [0.15, 0.2) is 0 Å². The second-order valence-electron chi connectivity index (χ2n) is 5.76. The molecule has 0 fully saturated rings. The Bertz CT molecular complexity index is 401. The molecule has 0 aliphatic carbocycles. The van der Waals surface area contributed by atoms with E-state index in [4.69, 9.17) is 10.9 Å². The fourth-order valence-corrected chi connectivity index (χ4v) is 3.05. The number of thiophene rings is 1. The van der Waals surface area contributed by atoms with Crippen LogP contribution in [0.4, 0.5) is 0 Å². The van der Waals surface area contributed by atoms with Gasteiger partial charge in [-0.25, -0.2) is 0 Å². The van der Waals surface area contributed by atoms with Gasteiger partial charge in [0, 0.05) is 16.3 Å². The standard InChI is InChI=1S/C15H27N3OS/c1-4-12(13-8-7-11-20-13)17-10-6-5-9-15(2,3)14(16)18-19/h7-8,11-12,17,19H,4-6,9-10H2,1-3H3,(H2,16,18). The minimum absolute atomic E-state index is 0.230. The summed E-state index contributed by atoms with van der Waals surface area (Å²) in [6, 6.07) is 4.75. The normalized spacial score (nSPS) is 14.4. The van der Waals surface area contributed by atoms with Crippen molar-refractivity contribution in [3.63, 3.8) is 0 Å². The van der Waals surface area contributed by atoms with Gasteiger partial charge in [-0.15, -0.1) is 11.3 Å². The average Bonchev–Trinajstić information content (AvgIpc) is 2.95. The fraction of sp³-hybridized carbons (Fsp3) is 0.667. The number of hydrogen-bond acceptors (Lipinski definition) is 4. The van der Waals surface area contributed by atoms with Crippen LogP contribution < -0.4 is 11.1 Å². The number of unbranched alkanes of at least 4 members (excludes halogenated alkanes) is 1. The van der Waals surface area contributed by atoms with Crippen LogP contribution >= 0.6 is 11.3 Å². The van der Waals surface area contributed by atoms with Gasteiger partial charge >= 0.3 is 0 Å². The molecule has 4 N–H and O–H groups in total. The van der Waals surface area contributed by atoms with Crippen molar-refractivity contribution in [1.82, 2.24) is 5.32 Å². The third kappa shape index (κ3) is 5.13. The molecule has 0 aliphatic heterocycles. The van der Waals surface area contributed by atoms with Crippen LogP contribution in [0.5, 0.6) is 0 Å². The van der Waals surface area contributed by atoms with E-state index in [-0.39, 0.29) is 5.41 Å². The SMILES string of the molecule is CCC(NCCCCC(C)(C)/C(N)=N/O)c1cccs1. The molecule has 0 radical (unpaired) electrons. The van der Waals surface area contributed by atoms with Crippen LogP contribution in [0, 0.1) is 5.41 Å². The Morgan fingerprint density at radius 2 is 2.25 bits per heavy atom. The molecular weight excluding hydrogens is 270 g/mol. The molecule has 0 saturated heterocycles. The first-order valence-corrected chi connectivity index (χ1v) is 8.14. The molecule has 20 heavy (non-hydrogen) atoms. The van der Waals surface area contributed by atoms with Crippen molar-refractivity contribution >= 4 is 17.2 Å². The van der Waals surface area contributed by atoms with E-state index < -0.39 is 0 Å². The molecule has 0 aromatic carbocycles. The lowest BCUT2D eigenvalue weighted by molar-refractivity contribution is 0.304. The minimum Gasteiger partial charge on any atom is -0.409 e. The van der Waals surface area contributed by atoms with Crippen LogP contribution in [0.3, 0.4) is 0 Å². The molecule has 1 aromatic heterocycles. The van der Waals surface area contributed by atoms with Crippen molar-refractivity contribution in [2.45, 2.75) is 52.5 Å². The van der Waals surface area contributed by atoms with Crippen molar-refractivity contribution in [2.24, 2.45) is 16.3 Å². The van der Waals surface area contributed by atoms with Gasteiger partial charge in [-0.05, 0) is 37.3 Å². The maximum atomic E-state index is 8.74. The summed E-state index contributed by atoms with van der Waals surface area (Å²) >= 11 is 1.81. The molecule has 1 unspecified atom stereocenters. The van der Waals surface area contributed by atoms with Crippen molar-refractivity contribution < 1.29 is 5.21 Å². The summed E-state index contributed by atoms with van der Waals surface area (Å²) in [6.45, 7) is 7.23. The van der Waals surface area contributed by atoms with Crippen molar-refractivity contribution in [2.75, 3.05) is 6.54 Å². The molecule has 0 spiro atoms. The lowest BCUT2D eigenvalue weighted by atomic mass is 9.86. The molecular formula is C15H27N3OS. The Balaban J connectivity index is 2.25.